The molecule has 2 heterocycles. The number of pyridine rings is 1. The Hall–Kier alpha value is -2.93. The normalized spacial score (nSPS) is 10.8. The summed E-state index contributed by atoms with van der Waals surface area (Å²) in [6.07, 6.45) is 12.5. The number of rotatable bonds is 8. The lowest BCUT2D eigenvalue weighted by Gasteiger charge is -2.02. The number of aryl methyl sites for hydroxylation is 1. The summed E-state index contributed by atoms with van der Waals surface area (Å²) < 4.78 is 0.810. The summed E-state index contributed by atoms with van der Waals surface area (Å²) in [6.45, 7) is 6.49. The number of thiazole rings is 1. The van der Waals surface area contributed by atoms with Crippen molar-refractivity contribution in [1.82, 2.24) is 9.97 Å². The first kappa shape index (κ1) is 24.3. The predicted molar refractivity (Wildman–Crippen MR) is 131 cm³/mol. The van der Waals surface area contributed by atoms with E-state index in [1.54, 1.807) is 30.5 Å². The quantitative estimate of drug-likeness (QED) is 0.287. The number of anilines is 2. The molecule has 31 heavy (non-hydrogen) atoms. The number of carbonyl (C=O) groups is 1. The van der Waals surface area contributed by atoms with Crippen LogP contribution in [0.15, 0.2) is 36.5 Å². The molecule has 0 aliphatic rings. The molecule has 6 nitrogen and oxygen atoms in total. The fourth-order valence-corrected chi connectivity index (χ4v) is 3.78. The van der Waals surface area contributed by atoms with E-state index in [0.717, 1.165) is 27.8 Å². The van der Waals surface area contributed by atoms with Crippen LogP contribution in [0.1, 0.15) is 64.0 Å². The number of phenols is 1. The number of hydrogen-bond donors (Lipinski definition) is 3. The zero-order valence-electron chi connectivity index (χ0n) is 18.5. The van der Waals surface area contributed by atoms with Gasteiger partial charge in [-0.1, -0.05) is 64.2 Å². The number of nitrogens with zero attached hydrogens (tertiary/aromatic N) is 2. The third kappa shape index (κ3) is 8.02. The van der Waals surface area contributed by atoms with E-state index >= 15 is 0 Å². The average molecular weight is 441 g/mol. The molecule has 2 aromatic heterocycles. The fourth-order valence-electron chi connectivity index (χ4n) is 2.88. The van der Waals surface area contributed by atoms with Crippen molar-refractivity contribution in [3.63, 3.8) is 0 Å². The van der Waals surface area contributed by atoms with Crippen molar-refractivity contribution in [2.45, 2.75) is 59.3 Å². The van der Waals surface area contributed by atoms with Crippen molar-refractivity contribution in [1.29, 1.82) is 0 Å². The summed E-state index contributed by atoms with van der Waals surface area (Å²) in [5.74, 6) is 0.400. The van der Waals surface area contributed by atoms with Crippen LogP contribution in [0, 0.1) is 0 Å². The molecule has 0 saturated heterocycles. The molecule has 1 aromatic carbocycles. The maximum absolute atomic E-state index is 12.0. The molecule has 3 aromatic rings. The Morgan fingerprint density at radius 2 is 1.90 bits per heavy atom. The molecule has 0 radical (unpaired) electrons. The summed E-state index contributed by atoms with van der Waals surface area (Å²) in [5.41, 5.74) is 8.25. The molecule has 1 amide bonds. The van der Waals surface area contributed by atoms with Gasteiger partial charge in [-0.15, -0.1) is 0 Å². The number of aromatic hydroxyl groups is 1. The van der Waals surface area contributed by atoms with Crippen molar-refractivity contribution >= 4 is 44.5 Å². The maximum atomic E-state index is 12.0. The highest BCUT2D eigenvalue weighted by Gasteiger charge is 2.07. The van der Waals surface area contributed by atoms with Gasteiger partial charge in [0.2, 0.25) is 5.91 Å². The third-order valence-corrected chi connectivity index (χ3v) is 5.57. The van der Waals surface area contributed by atoms with Crippen LogP contribution >= 0.6 is 11.3 Å². The lowest BCUT2D eigenvalue weighted by atomic mass is 10.1. The lowest BCUT2D eigenvalue weighted by molar-refractivity contribution is -0.111. The van der Waals surface area contributed by atoms with E-state index in [1.807, 2.05) is 13.0 Å². The highest BCUT2D eigenvalue weighted by Crippen LogP contribution is 2.28. The second-order valence-electron chi connectivity index (χ2n) is 7.22. The molecule has 0 spiro atoms. The number of nitrogens with two attached hydrogens (primary N) is 1. The summed E-state index contributed by atoms with van der Waals surface area (Å²) >= 11 is 1.30. The molecule has 0 aliphatic heterocycles. The zero-order valence-corrected chi connectivity index (χ0v) is 19.3. The predicted octanol–water partition coefficient (Wildman–Crippen LogP) is 6.17. The van der Waals surface area contributed by atoms with Crippen molar-refractivity contribution < 1.29 is 9.90 Å². The Morgan fingerprint density at radius 3 is 2.58 bits per heavy atom. The number of aromatic nitrogens is 2. The van der Waals surface area contributed by atoms with E-state index in [9.17, 15) is 9.90 Å². The number of benzene rings is 1. The van der Waals surface area contributed by atoms with Crippen LogP contribution in [-0.4, -0.2) is 21.0 Å². The van der Waals surface area contributed by atoms with Crippen LogP contribution in [0.3, 0.4) is 0 Å². The van der Waals surface area contributed by atoms with Crippen LogP contribution in [0.5, 0.6) is 5.75 Å². The molecule has 166 valence electrons. The molecule has 0 fully saturated rings. The van der Waals surface area contributed by atoms with Crippen LogP contribution in [0.2, 0.25) is 0 Å². The molecule has 0 saturated carbocycles. The molecule has 3 rings (SSSR count). The zero-order chi connectivity index (χ0) is 22.6. The summed E-state index contributed by atoms with van der Waals surface area (Å²) in [5, 5.41) is 12.7. The number of nitrogen functional groups attached to an aromatic ring is 1. The van der Waals surface area contributed by atoms with Crippen molar-refractivity contribution in [3.05, 3.63) is 47.7 Å². The number of phenolic OH excluding ortho intramolecular Hbond substituents is 1. The first-order valence-electron chi connectivity index (χ1n) is 10.8. The molecular formula is C24H32N4O2S. The van der Waals surface area contributed by atoms with Gasteiger partial charge in [-0.05, 0) is 47.9 Å². The largest absolute Gasteiger partial charge is 0.508 e. The van der Waals surface area contributed by atoms with Gasteiger partial charge in [0.1, 0.15) is 11.6 Å². The van der Waals surface area contributed by atoms with Crippen molar-refractivity contribution in [2.75, 3.05) is 11.1 Å². The number of fused-ring (bicyclic) bond motifs is 1. The molecule has 0 aliphatic carbocycles. The smallest absolute Gasteiger partial charge is 0.250 e. The minimum Gasteiger partial charge on any atom is -0.508 e. The second-order valence-corrected chi connectivity index (χ2v) is 8.25. The number of unbranched alkanes of at least 4 members (excludes halogenated alkanes) is 4. The van der Waals surface area contributed by atoms with E-state index in [1.165, 1.54) is 49.5 Å². The summed E-state index contributed by atoms with van der Waals surface area (Å²) in [7, 11) is 0. The van der Waals surface area contributed by atoms with E-state index in [2.05, 4.69) is 29.1 Å². The van der Waals surface area contributed by atoms with E-state index in [4.69, 9.17) is 5.73 Å². The SMILES string of the molecule is CCCCCCC.CCc1cc(/C=C/C(=O)Nc2nc3ccc(O)cc3s2)cnc1N. The Bertz CT molecular complexity index is 1010. The highest BCUT2D eigenvalue weighted by molar-refractivity contribution is 7.22. The van der Waals surface area contributed by atoms with Gasteiger partial charge in [-0.25, -0.2) is 9.97 Å². The van der Waals surface area contributed by atoms with Gasteiger partial charge in [-0.3, -0.25) is 10.1 Å². The van der Waals surface area contributed by atoms with E-state index in [-0.39, 0.29) is 11.7 Å². The number of hydrogen-bond acceptors (Lipinski definition) is 6. The van der Waals surface area contributed by atoms with Gasteiger partial charge >= 0.3 is 0 Å². The Labute approximate surface area is 188 Å². The van der Waals surface area contributed by atoms with Crippen molar-refractivity contribution in [2.24, 2.45) is 0 Å². The Balaban J connectivity index is 0.000000423. The van der Waals surface area contributed by atoms with Gasteiger partial charge in [0.15, 0.2) is 5.13 Å². The molecule has 7 heteroatoms. The molecule has 0 unspecified atom stereocenters. The highest BCUT2D eigenvalue weighted by atomic mass is 32.1. The first-order chi connectivity index (χ1) is 15.0. The Kier molecular flexibility index (Phi) is 9.97. The topological polar surface area (TPSA) is 101 Å². The number of carbonyl (C=O) groups excluding carboxylic acids is 1. The minimum absolute atomic E-state index is 0.173. The van der Waals surface area contributed by atoms with E-state index in [0.29, 0.717) is 10.9 Å². The lowest BCUT2D eigenvalue weighted by Crippen LogP contribution is -2.07. The molecular weight excluding hydrogens is 408 g/mol. The third-order valence-electron chi connectivity index (χ3n) is 4.64. The second kappa shape index (κ2) is 12.7. The van der Waals surface area contributed by atoms with Gasteiger partial charge < -0.3 is 10.8 Å². The van der Waals surface area contributed by atoms with Gasteiger partial charge in [-0.2, -0.15) is 0 Å². The number of amides is 1. The molecule has 0 bridgehead atoms. The van der Waals surface area contributed by atoms with Crippen LogP contribution in [0.25, 0.3) is 16.3 Å². The summed E-state index contributed by atoms with van der Waals surface area (Å²) in [6, 6.07) is 6.79. The number of nitrogens with one attached hydrogen (secondary N) is 1. The molecule has 0 atom stereocenters. The van der Waals surface area contributed by atoms with Crippen LogP contribution in [0.4, 0.5) is 10.9 Å². The monoisotopic (exact) mass is 440 g/mol. The minimum atomic E-state index is -0.284. The van der Waals surface area contributed by atoms with Crippen LogP contribution < -0.4 is 11.1 Å². The van der Waals surface area contributed by atoms with Crippen molar-refractivity contribution in [3.8, 4) is 5.75 Å². The standard InChI is InChI=1S/C17H16N4O2S.C7H16/c1-2-11-7-10(9-19-16(11)18)3-6-15(23)21-17-20-13-5-4-12(22)8-14(13)24-17;1-3-5-7-6-4-2/h3-9,22H,2H2,1H3,(H2,18,19)(H,20,21,23);3-7H2,1-2H3/b6-3+;. The molecule has 4 N–H and O–H groups in total. The van der Waals surface area contributed by atoms with Crippen LogP contribution in [-0.2, 0) is 11.2 Å². The average Bonchev–Trinajstić information content (AvgIpc) is 3.15. The fraction of sp³-hybridized carbons (Fsp3) is 0.375. The van der Waals surface area contributed by atoms with E-state index < -0.39 is 0 Å². The first-order valence-corrected chi connectivity index (χ1v) is 11.6. The van der Waals surface area contributed by atoms with Gasteiger partial charge in [0, 0.05) is 12.3 Å². The maximum Gasteiger partial charge on any atom is 0.250 e. The van der Waals surface area contributed by atoms with Gasteiger partial charge in [0.25, 0.3) is 0 Å². The summed E-state index contributed by atoms with van der Waals surface area (Å²) in [4.78, 5) is 20.4. The van der Waals surface area contributed by atoms with Gasteiger partial charge in [0.05, 0.1) is 10.2 Å². The Morgan fingerprint density at radius 1 is 1.16 bits per heavy atom.